The summed E-state index contributed by atoms with van der Waals surface area (Å²) in [6.07, 6.45) is 3.80. The second-order valence-corrected chi connectivity index (χ2v) is 6.68. The predicted molar refractivity (Wildman–Crippen MR) is 74.7 cm³/mol. The maximum Gasteiger partial charge on any atom is 0.233 e. The fourth-order valence-corrected chi connectivity index (χ4v) is 2.98. The second kappa shape index (κ2) is 5.43. The minimum atomic E-state index is -3.36. The van der Waals surface area contributed by atoms with Gasteiger partial charge in [0.15, 0.2) is 0 Å². The van der Waals surface area contributed by atoms with Crippen LogP contribution < -0.4 is 4.72 Å². The summed E-state index contributed by atoms with van der Waals surface area (Å²) in [5, 5.41) is 1.84. The number of hydrogen-bond acceptors (Lipinski definition) is 2. The van der Waals surface area contributed by atoms with Gasteiger partial charge in [0.05, 0.1) is 0 Å². The van der Waals surface area contributed by atoms with Crippen LogP contribution in [0.15, 0.2) is 29.7 Å². The number of sulfonamides is 1. The number of rotatable bonds is 5. The molecule has 1 aromatic carbocycles. The van der Waals surface area contributed by atoms with E-state index in [0.717, 1.165) is 18.4 Å². The van der Waals surface area contributed by atoms with Crippen molar-refractivity contribution in [3.05, 3.63) is 40.3 Å². The van der Waals surface area contributed by atoms with Crippen LogP contribution in [0.2, 0.25) is 5.02 Å². The van der Waals surface area contributed by atoms with Gasteiger partial charge in [-0.05, 0) is 49.5 Å². The van der Waals surface area contributed by atoms with E-state index in [1.54, 1.807) is 30.3 Å². The largest absolute Gasteiger partial charge is 0.233 e. The van der Waals surface area contributed by atoms with Crippen molar-refractivity contribution in [3.63, 3.8) is 0 Å². The Hall–Kier alpha value is -0.840. The van der Waals surface area contributed by atoms with Crippen LogP contribution in [0.1, 0.15) is 25.3 Å². The van der Waals surface area contributed by atoms with Crippen LogP contribution in [0.4, 0.5) is 0 Å². The Morgan fingerprint density at radius 1 is 1.33 bits per heavy atom. The fourth-order valence-electron chi connectivity index (χ4n) is 1.73. The van der Waals surface area contributed by atoms with Gasteiger partial charge in [0.2, 0.25) is 10.0 Å². The molecule has 1 aliphatic rings. The highest BCUT2D eigenvalue weighted by Gasteiger charge is 2.29. The van der Waals surface area contributed by atoms with Crippen molar-refractivity contribution in [2.24, 2.45) is 5.92 Å². The summed E-state index contributed by atoms with van der Waals surface area (Å²) >= 11 is 5.76. The Labute approximate surface area is 113 Å². The Bertz CT molecular complexity index is 533. The molecule has 1 aromatic rings. The second-order valence-electron chi connectivity index (χ2n) is 4.64. The van der Waals surface area contributed by atoms with Crippen molar-refractivity contribution in [1.29, 1.82) is 0 Å². The number of halogens is 1. The van der Waals surface area contributed by atoms with Crippen molar-refractivity contribution >= 4 is 27.7 Å². The fraction of sp³-hybridized carbons (Fsp3) is 0.385. The molecule has 0 radical (unpaired) electrons. The van der Waals surface area contributed by atoms with Crippen molar-refractivity contribution < 1.29 is 8.42 Å². The summed E-state index contributed by atoms with van der Waals surface area (Å²) in [5.74, 6) is 0.503. The highest BCUT2D eigenvalue weighted by atomic mass is 35.5. The lowest BCUT2D eigenvalue weighted by Gasteiger charge is -2.10. The minimum Gasteiger partial charge on any atom is -0.209 e. The molecule has 0 spiro atoms. The first-order valence-corrected chi connectivity index (χ1v) is 7.85. The molecule has 5 heteroatoms. The average molecular weight is 286 g/mol. The van der Waals surface area contributed by atoms with Gasteiger partial charge in [-0.2, -0.15) is 0 Å². The van der Waals surface area contributed by atoms with Crippen LogP contribution in [0.25, 0.3) is 6.08 Å². The first-order chi connectivity index (χ1) is 8.46. The summed E-state index contributed by atoms with van der Waals surface area (Å²) < 4.78 is 26.2. The molecule has 0 heterocycles. The van der Waals surface area contributed by atoms with E-state index < -0.39 is 10.0 Å². The maximum atomic E-state index is 11.8. The molecule has 3 nitrogen and oxygen atoms in total. The van der Waals surface area contributed by atoms with Crippen LogP contribution in [-0.4, -0.2) is 14.5 Å². The number of nitrogens with one attached hydrogen (secondary N) is 1. The van der Waals surface area contributed by atoms with Gasteiger partial charge in [-0.25, -0.2) is 13.1 Å². The predicted octanol–water partition coefficient (Wildman–Crippen LogP) is 3.03. The highest BCUT2D eigenvalue weighted by molar-refractivity contribution is 7.92. The van der Waals surface area contributed by atoms with Gasteiger partial charge < -0.3 is 0 Å². The first kappa shape index (κ1) is 13.6. The van der Waals surface area contributed by atoms with E-state index in [4.69, 9.17) is 11.6 Å². The van der Waals surface area contributed by atoms with Gasteiger partial charge in [-0.15, -0.1) is 0 Å². The van der Waals surface area contributed by atoms with Gasteiger partial charge in [0.25, 0.3) is 0 Å². The third-order valence-electron chi connectivity index (χ3n) is 2.99. The molecule has 1 saturated carbocycles. The Balaban J connectivity index is 2.00. The third-order valence-corrected chi connectivity index (χ3v) is 4.44. The monoisotopic (exact) mass is 285 g/mol. The molecular formula is C13H16ClNO2S. The van der Waals surface area contributed by atoms with E-state index in [1.165, 1.54) is 5.41 Å². The molecule has 18 heavy (non-hydrogen) atoms. The molecule has 0 aliphatic heterocycles. The summed E-state index contributed by atoms with van der Waals surface area (Å²) in [6, 6.07) is 7.03. The minimum absolute atomic E-state index is 0.0184. The molecule has 98 valence electrons. The molecule has 0 aromatic heterocycles. The van der Waals surface area contributed by atoms with E-state index in [0.29, 0.717) is 10.9 Å². The maximum absolute atomic E-state index is 11.8. The van der Waals surface area contributed by atoms with Crippen LogP contribution in [0.5, 0.6) is 0 Å². The Morgan fingerprint density at radius 2 is 1.94 bits per heavy atom. The van der Waals surface area contributed by atoms with E-state index in [2.05, 4.69) is 4.72 Å². The molecule has 0 bridgehead atoms. The van der Waals surface area contributed by atoms with Crippen LogP contribution >= 0.6 is 11.6 Å². The van der Waals surface area contributed by atoms with Crippen LogP contribution in [0.3, 0.4) is 0 Å². The van der Waals surface area contributed by atoms with Crippen molar-refractivity contribution in [2.45, 2.75) is 25.8 Å². The lowest BCUT2D eigenvalue weighted by molar-refractivity contribution is 0.545. The number of benzene rings is 1. The summed E-state index contributed by atoms with van der Waals surface area (Å²) in [7, 11) is -3.36. The van der Waals surface area contributed by atoms with Gasteiger partial charge in [0, 0.05) is 16.5 Å². The molecule has 0 saturated heterocycles. The Kier molecular flexibility index (Phi) is 4.10. The third kappa shape index (κ3) is 4.12. The topological polar surface area (TPSA) is 46.2 Å². The van der Waals surface area contributed by atoms with Crippen molar-refractivity contribution in [1.82, 2.24) is 4.72 Å². The molecule has 1 fully saturated rings. The van der Waals surface area contributed by atoms with Crippen LogP contribution in [0, 0.1) is 5.92 Å². The zero-order valence-corrected chi connectivity index (χ0v) is 11.7. The van der Waals surface area contributed by atoms with Crippen molar-refractivity contribution in [3.8, 4) is 0 Å². The lowest BCUT2D eigenvalue weighted by Crippen LogP contribution is -2.32. The molecule has 1 atom stereocenters. The van der Waals surface area contributed by atoms with Crippen LogP contribution in [-0.2, 0) is 10.0 Å². The Morgan fingerprint density at radius 3 is 2.50 bits per heavy atom. The van der Waals surface area contributed by atoms with E-state index in [1.807, 2.05) is 6.92 Å². The first-order valence-electron chi connectivity index (χ1n) is 5.92. The molecular weight excluding hydrogens is 270 g/mol. The normalized spacial score (nSPS) is 18.1. The zero-order valence-electron chi connectivity index (χ0n) is 10.1. The van der Waals surface area contributed by atoms with Gasteiger partial charge in [0.1, 0.15) is 0 Å². The quantitative estimate of drug-likeness (QED) is 0.904. The SMILES string of the molecule is CC(NS(=O)(=O)/C=C/c1ccc(Cl)cc1)C1CC1. The molecule has 1 N–H and O–H groups in total. The summed E-state index contributed by atoms with van der Waals surface area (Å²) in [5.41, 5.74) is 0.809. The van der Waals surface area contributed by atoms with E-state index in [9.17, 15) is 8.42 Å². The molecule has 0 amide bonds. The molecule has 1 aliphatic carbocycles. The van der Waals surface area contributed by atoms with E-state index >= 15 is 0 Å². The smallest absolute Gasteiger partial charge is 0.209 e. The van der Waals surface area contributed by atoms with Gasteiger partial charge >= 0.3 is 0 Å². The highest BCUT2D eigenvalue weighted by Crippen LogP contribution is 2.32. The standard InChI is InChI=1S/C13H16ClNO2S/c1-10(12-4-5-12)15-18(16,17)9-8-11-2-6-13(14)7-3-11/h2-3,6-10,12,15H,4-5H2,1H3/b9-8+. The molecule has 2 rings (SSSR count). The average Bonchev–Trinajstić information content (AvgIpc) is 3.11. The zero-order chi connectivity index (χ0) is 13.2. The van der Waals surface area contributed by atoms with E-state index in [-0.39, 0.29) is 6.04 Å². The summed E-state index contributed by atoms with van der Waals surface area (Å²) in [4.78, 5) is 0. The van der Waals surface area contributed by atoms with Gasteiger partial charge in [-0.3, -0.25) is 0 Å². The number of hydrogen-bond donors (Lipinski definition) is 1. The van der Waals surface area contributed by atoms with Gasteiger partial charge in [-0.1, -0.05) is 23.7 Å². The summed E-state index contributed by atoms with van der Waals surface area (Å²) in [6.45, 7) is 1.91. The lowest BCUT2D eigenvalue weighted by atomic mass is 10.2. The van der Waals surface area contributed by atoms with Crippen molar-refractivity contribution in [2.75, 3.05) is 0 Å². The molecule has 1 unspecified atom stereocenters.